The van der Waals surface area contributed by atoms with Crippen LogP contribution < -0.4 is 10.6 Å². The number of hydrogen-bond donors (Lipinski definition) is 2. The number of fused-ring (bicyclic) bond motifs is 1. The van der Waals surface area contributed by atoms with Gasteiger partial charge < -0.3 is 19.8 Å². The summed E-state index contributed by atoms with van der Waals surface area (Å²) in [5.74, 6) is 0.0347. The first-order valence-corrected chi connectivity index (χ1v) is 7.33. The minimum Gasteiger partial charge on any atom is -0.375 e. The summed E-state index contributed by atoms with van der Waals surface area (Å²) in [5.41, 5.74) is 1.91. The maximum atomic E-state index is 11.8. The van der Waals surface area contributed by atoms with Gasteiger partial charge in [-0.1, -0.05) is 6.07 Å². The van der Waals surface area contributed by atoms with Crippen molar-refractivity contribution < 1.29 is 9.53 Å². The van der Waals surface area contributed by atoms with E-state index in [1.807, 2.05) is 35.0 Å². The fourth-order valence-electron chi connectivity index (χ4n) is 2.47. The first kappa shape index (κ1) is 14.0. The standard InChI is InChI=1S/C15H20N4O2/c20-15(9-13-10-16-6-8-21-13)17-5-4-12-11-19-7-2-1-3-14(19)18-12/h1-3,7,11,13,16H,4-6,8-10H2,(H,17,20)/t13-/m0/s1. The molecule has 1 aliphatic rings. The summed E-state index contributed by atoms with van der Waals surface area (Å²) < 4.78 is 7.50. The number of hydrogen-bond acceptors (Lipinski definition) is 4. The van der Waals surface area contributed by atoms with Crippen molar-refractivity contribution in [2.75, 3.05) is 26.2 Å². The van der Waals surface area contributed by atoms with Crippen LogP contribution in [0.25, 0.3) is 5.65 Å². The van der Waals surface area contributed by atoms with Crippen LogP contribution >= 0.6 is 0 Å². The SMILES string of the molecule is O=C(C[C@H]1CNCCO1)NCCc1cn2ccccc2n1. The zero-order valence-corrected chi connectivity index (χ0v) is 11.9. The third-order valence-electron chi connectivity index (χ3n) is 3.53. The molecule has 3 heterocycles. The Bertz CT molecular complexity index is 571. The number of pyridine rings is 1. The van der Waals surface area contributed by atoms with Crippen LogP contribution in [0.4, 0.5) is 0 Å². The number of aromatic nitrogens is 2. The van der Waals surface area contributed by atoms with Gasteiger partial charge in [0.15, 0.2) is 0 Å². The highest BCUT2D eigenvalue weighted by atomic mass is 16.5. The number of imidazole rings is 1. The topological polar surface area (TPSA) is 67.7 Å². The summed E-state index contributed by atoms with van der Waals surface area (Å²) in [6, 6.07) is 5.90. The number of amides is 1. The molecule has 0 unspecified atom stereocenters. The number of morpholine rings is 1. The average molecular weight is 288 g/mol. The molecule has 0 bridgehead atoms. The van der Waals surface area contributed by atoms with Gasteiger partial charge in [-0.3, -0.25) is 4.79 Å². The molecule has 6 heteroatoms. The van der Waals surface area contributed by atoms with E-state index in [0.717, 1.165) is 30.9 Å². The van der Waals surface area contributed by atoms with Gasteiger partial charge in [0.25, 0.3) is 0 Å². The van der Waals surface area contributed by atoms with E-state index in [9.17, 15) is 4.79 Å². The molecule has 21 heavy (non-hydrogen) atoms. The highest BCUT2D eigenvalue weighted by Crippen LogP contribution is 2.05. The Balaban J connectivity index is 1.43. The lowest BCUT2D eigenvalue weighted by Crippen LogP contribution is -2.41. The van der Waals surface area contributed by atoms with Crippen LogP contribution in [0, 0.1) is 0 Å². The number of carbonyl (C=O) groups excluding carboxylic acids is 1. The van der Waals surface area contributed by atoms with Crippen molar-refractivity contribution in [3.8, 4) is 0 Å². The first-order valence-electron chi connectivity index (χ1n) is 7.33. The van der Waals surface area contributed by atoms with Crippen LogP contribution in [0.2, 0.25) is 0 Å². The molecule has 0 aromatic carbocycles. The maximum absolute atomic E-state index is 11.8. The molecule has 0 saturated carbocycles. The molecule has 2 N–H and O–H groups in total. The number of nitrogens with zero attached hydrogens (tertiary/aromatic N) is 2. The van der Waals surface area contributed by atoms with Crippen LogP contribution in [-0.2, 0) is 16.0 Å². The van der Waals surface area contributed by atoms with Crippen LogP contribution in [0.15, 0.2) is 30.6 Å². The third kappa shape index (κ3) is 3.80. The lowest BCUT2D eigenvalue weighted by Gasteiger charge is -2.22. The second-order valence-corrected chi connectivity index (χ2v) is 5.20. The summed E-state index contributed by atoms with van der Waals surface area (Å²) in [4.78, 5) is 16.3. The summed E-state index contributed by atoms with van der Waals surface area (Å²) >= 11 is 0. The number of carbonyl (C=O) groups is 1. The quantitative estimate of drug-likeness (QED) is 0.834. The van der Waals surface area contributed by atoms with E-state index < -0.39 is 0 Å². The number of nitrogens with one attached hydrogen (secondary N) is 2. The van der Waals surface area contributed by atoms with Crippen molar-refractivity contribution in [2.24, 2.45) is 0 Å². The van der Waals surface area contributed by atoms with Crippen molar-refractivity contribution in [3.63, 3.8) is 0 Å². The van der Waals surface area contributed by atoms with Crippen molar-refractivity contribution in [3.05, 3.63) is 36.3 Å². The molecule has 1 saturated heterocycles. The second kappa shape index (κ2) is 6.69. The van der Waals surface area contributed by atoms with Crippen molar-refractivity contribution in [2.45, 2.75) is 18.9 Å². The molecule has 6 nitrogen and oxygen atoms in total. The van der Waals surface area contributed by atoms with Gasteiger partial charge in [-0.15, -0.1) is 0 Å². The van der Waals surface area contributed by atoms with E-state index in [0.29, 0.717) is 19.6 Å². The van der Waals surface area contributed by atoms with Crippen molar-refractivity contribution in [1.82, 2.24) is 20.0 Å². The molecule has 0 aliphatic carbocycles. The molecule has 2 aromatic heterocycles. The van der Waals surface area contributed by atoms with Gasteiger partial charge in [0.05, 0.1) is 24.8 Å². The van der Waals surface area contributed by atoms with Crippen molar-refractivity contribution >= 4 is 11.6 Å². The molecule has 1 fully saturated rings. The Hall–Kier alpha value is -1.92. The smallest absolute Gasteiger partial charge is 0.222 e. The summed E-state index contributed by atoms with van der Waals surface area (Å²) in [7, 11) is 0. The van der Waals surface area contributed by atoms with E-state index in [1.165, 1.54) is 0 Å². The largest absolute Gasteiger partial charge is 0.375 e. The Kier molecular flexibility index (Phi) is 4.47. The predicted molar refractivity (Wildman–Crippen MR) is 79.1 cm³/mol. The van der Waals surface area contributed by atoms with Crippen LogP contribution in [0.5, 0.6) is 0 Å². The lowest BCUT2D eigenvalue weighted by molar-refractivity contribution is -0.124. The van der Waals surface area contributed by atoms with E-state index >= 15 is 0 Å². The Morgan fingerprint density at radius 2 is 2.48 bits per heavy atom. The molecule has 1 aliphatic heterocycles. The van der Waals surface area contributed by atoms with E-state index in [-0.39, 0.29) is 12.0 Å². The normalized spacial score (nSPS) is 18.8. The van der Waals surface area contributed by atoms with Gasteiger partial charge >= 0.3 is 0 Å². The molecule has 3 rings (SSSR count). The van der Waals surface area contributed by atoms with Crippen molar-refractivity contribution in [1.29, 1.82) is 0 Å². The molecule has 1 atom stereocenters. The Morgan fingerprint density at radius 3 is 3.29 bits per heavy atom. The molecule has 0 spiro atoms. The highest BCUT2D eigenvalue weighted by Gasteiger charge is 2.16. The van der Waals surface area contributed by atoms with Crippen LogP contribution in [-0.4, -0.2) is 47.6 Å². The molecular weight excluding hydrogens is 268 g/mol. The fraction of sp³-hybridized carbons (Fsp3) is 0.467. The molecule has 112 valence electrons. The zero-order chi connectivity index (χ0) is 14.5. The second-order valence-electron chi connectivity index (χ2n) is 5.20. The van der Waals surface area contributed by atoms with Gasteiger partial charge in [-0.05, 0) is 12.1 Å². The predicted octanol–water partition coefficient (Wildman–Crippen LogP) is 0.372. The van der Waals surface area contributed by atoms with E-state index in [1.54, 1.807) is 0 Å². The molecule has 0 radical (unpaired) electrons. The minimum absolute atomic E-state index is 0.00561. The monoisotopic (exact) mass is 288 g/mol. The zero-order valence-electron chi connectivity index (χ0n) is 11.9. The van der Waals surface area contributed by atoms with E-state index in [4.69, 9.17) is 4.74 Å². The van der Waals surface area contributed by atoms with Gasteiger partial charge in [-0.2, -0.15) is 0 Å². The van der Waals surface area contributed by atoms with Crippen LogP contribution in [0.1, 0.15) is 12.1 Å². The fourth-order valence-corrected chi connectivity index (χ4v) is 2.47. The Morgan fingerprint density at radius 1 is 1.52 bits per heavy atom. The van der Waals surface area contributed by atoms with Gasteiger partial charge in [0.1, 0.15) is 5.65 Å². The maximum Gasteiger partial charge on any atom is 0.222 e. The van der Waals surface area contributed by atoms with Gasteiger partial charge in [0.2, 0.25) is 5.91 Å². The Labute approximate surface area is 123 Å². The third-order valence-corrected chi connectivity index (χ3v) is 3.53. The van der Waals surface area contributed by atoms with E-state index in [2.05, 4.69) is 15.6 Å². The van der Waals surface area contributed by atoms with Gasteiger partial charge in [-0.25, -0.2) is 4.98 Å². The number of rotatable bonds is 5. The summed E-state index contributed by atoms with van der Waals surface area (Å²) in [6.45, 7) is 2.90. The van der Waals surface area contributed by atoms with Gasteiger partial charge in [0, 0.05) is 38.4 Å². The summed E-state index contributed by atoms with van der Waals surface area (Å²) in [6.07, 6.45) is 5.11. The highest BCUT2D eigenvalue weighted by molar-refractivity contribution is 5.76. The molecule has 1 amide bonds. The summed E-state index contributed by atoms with van der Waals surface area (Å²) in [5, 5.41) is 6.15. The molecular formula is C15H20N4O2. The average Bonchev–Trinajstić information content (AvgIpc) is 2.91. The first-order chi connectivity index (χ1) is 10.3. The van der Waals surface area contributed by atoms with Crippen LogP contribution in [0.3, 0.4) is 0 Å². The minimum atomic E-state index is -0.00561. The number of ether oxygens (including phenoxy) is 1. The molecule has 2 aromatic rings. The lowest BCUT2D eigenvalue weighted by atomic mass is 10.2.